The van der Waals surface area contributed by atoms with Gasteiger partial charge in [0.1, 0.15) is 5.76 Å². The van der Waals surface area contributed by atoms with Gasteiger partial charge < -0.3 is 9.42 Å². The molecule has 3 nitrogen and oxygen atoms in total. The van der Waals surface area contributed by atoms with E-state index in [4.69, 9.17) is 20.9 Å². The van der Waals surface area contributed by atoms with Gasteiger partial charge in [-0.3, -0.25) is 4.52 Å². The Labute approximate surface area is 110 Å². The molecule has 0 aliphatic heterocycles. The van der Waals surface area contributed by atoms with Gasteiger partial charge in [-0.05, 0) is 39.2 Å². The lowest BCUT2D eigenvalue weighted by molar-refractivity contribution is 0.0581. The zero-order chi connectivity index (χ0) is 13.5. The van der Waals surface area contributed by atoms with Crippen molar-refractivity contribution in [3.05, 3.63) is 11.8 Å². The molecule has 0 aromatic heterocycles. The number of hydrogen-bond donors (Lipinski definition) is 1. The van der Waals surface area contributed by atoms with Gasteiger partial charge in [-0.1, -0.05) is 20.8 Å². The molecule has 0 fully saturated rings. The molecule has 0 saturated carbocycles. The van der Waals surface area contributed by atoms with Crippen LogP contribution in [-0.4, -0.2) is 10.5 Å². The lowest BCUT2D eigenvalue weighted by atomic mass is 10.0. The van der Waals surface area contributed by atoms with Crippen LogP contribution in [0.5, 0.6) is 0 Å². The third-order valence-corrected chi connectivity index (χ3v) is 4.47. The van der Waals surface area contributed by atoms with Crippen LogP contribution < -0.4 is 0 Å². The van der Waals surface area contributed by atoms with Gasteiger partial charge in [-0.2, -0.15) is 0 Å². The minimum Gasteiger partial charge on any atom is -0.429 e. The molecular weight excluding hydrogens is 255 g/mol. The summed E-state index contributed by atoms with van der Waals surface area (Å²) >= 11 is 5.06. The monoisotopic (exact) mass is 280 g/mol. The summed E-state index contributed by atoms with van der Waals surface area (Å²) in [6.07, 6.45) is 5.15. The molecule has 0 aromatic carbocycles. The van der Waals surface area contributed by atoms with Crippen molar-refractivity contribution in [2.45, 2.75) is 65.9 Å². The Hall–Kier alpha value is 0.110. The normalized spacial score (nSPS) is 16.7. The van der Waals surface area contributed by atoms with Crippen LogP contribution in [0, 0.1) is 0 Å². The second-order valence-electron chi connectivity index (χ2n) is 4.31. The lowest BCUT2D eigenvalue weighted by Gasteiger charge is -2.31. The predicted molar refractivity (Wildman–Crippen MR) is 76.3 cm³/mol. The molecule has 1 unspecified atom stereocenters. The maximum atomic E-state index is 10.1. The largest absolute Gasteiger partial charge is 0.429 e. The Balaban J connectivity index is 4.63. The maximum absolute atomic E-state index is 10.1. The summed E-state index contributed by atoms with van der Waals surface area (Å²) in [4.78, 5) is 10.1. The highest BCUT2D eigenvalue weighted by Crippen LogP contribution is 2.51. The van der Waals surface area contributed by atoms with E-state index in [1.807, 2.05) is 33.8 Å². The Kier molecular flexibility index (Phi) is 7.57. The molecule has 0 aliphatic rings. The topological polar surface area (TPSA) is 38.7 Å². The zero-order valence-corrected chi connectivity index (χ0v) is 13.2. The summed E-state index contributed by atoms with van der Waals surface area (Å²) in [6.45, 7) is 6.72. The summed E-state index contributed by atoms with van der Waals surface area (Å²) in [5, 5.41) is 0. The van der Waals surface area contributed by atoms with Crippen molar-refractivity contribution in [1.29, 1.82) is 0 Å². The average Bonchev–Trinajstić information content (AvgIpc) is 2.27. The highest BCUT2D eigenvalue weighted by molar-refractivity contribution is 8.07. The van der Waals surface area contributed by atoms with Crippen LogP contribution in [0.15, 0.2) is 11.8 Å². The molecule has 5 heteroatoms. The Morgan fingerprint density at radius 3 is 2.24 bits per heavy atom. The molecule has 0 rings (SSSR count). The van der Waals surface area contributed by atoms with Gasteiger partial charge in [0.25, 0.3) is 0 Å². The van der Waals surface area contributed by atoms with Crippen molar-refractivity contribution in [2.75, 3.05) is 0 Å². The minimum absolute atomic E-state index is 0.407. The fraction of sp³-hybridized carbons (Fsp3) is 0.833. The SMILES string of the molecule is C/C=C(/CCC)OP(O)(=S)OC(C)(CC)CC. The first-order valence-electron chi connectivity index (χ1n) is 6.20. The molecule has 0 bridgehead atoms. The molecule has 1 atom stereocenters. The maximum Gasteiger partial charge on any atom is 0.378 e. The van der Waals surface area contributed by atoms with Crippen molar-refractivity contribution in [3.63, 3.8) is 0 Å². The van der Waals surface area contributed by atoms with Gasteiger partial charge in [0.15, 0.2) is 0 Å². The summed E-state index contributed by atoms with van der Waals surface area (Å²) in [6, 6.07) is 0. The number of rotatable bonds is 8. The first-order chi connectivity index (χ1) is 7.82. The average molecular weight is 280 g/mol. The Morgan fingerprint density at radius 1 is 1.35 bits per heavy atom. The van der Waals surface area contributed by atoms with Gasteiger partial charge in [0, 0.05) is 18.2 Å². The van der Waals surface area contributed by atoms with Crippen LogP contribution in [0.2, 0.25) is 0 Å². The number of hydrogen-bond acceptors (Lipinski definition) is 3. The van der Waals surface area contributed by atoms with E-state index >= 15 is 0 Å². The molecule has 0 spiro atoms. The van der Waals surface area contributed by atoms with Crippen molar-refractivity contribution >= 4 is 18.5 Å². The zero-order valence-electron chi connectivity index (χ0n) is 11.5. The molecule has 0 radical (unpaired) electrons. The van der Waals surface area contributed by atoms with E-state index in [2.05, 4.69) is 6.92 Å². The predicted octanol–water partition coefficient (Wildman–Crippen LogP) is 4.52. The van der Waals surface area contributed by atoms with E-state index in [1.54, 1.807) is 0 Å². The van der Waals surface area contributed by atoms with Crippen LogP contribution in [0.4, 0.5) is 0 Å². The summed E-state index contributed by atoms with van der Waals surface area (Å²) in [5.74, 6) is 0.716. The van der Waals surface area contributed by atoms with Crippen molar-refractivity contribution in [2.24, 2.45) is 0 Å². The fourth-order valence-corrected chi connectivity index (χ4v) is 3.49. The van der Waals surface area contributed by atoms with E-state index in [-0.39, 0.29) is 0 Å². The summed E-state index contributed by atoms with van der Waals surface area (Å²) < 4.78 is 11.1. The number of allylic oxidation sites excluding steroid dienone is 2. The van der Waals surface area contributed by atoms with Gasteiger partial charge in [-0.25, -0.2) is 0 Å². The lowest BCUT2D eigenvalue weighted by Crippen LogP contribution is -2.25. The Morgan fingerprint density at radius 2 is 1.88 bits per heavy atom. The molecule has 0 saturated heterocycles. The van der Waals surface area contributed by atoms with E-state index in [9.17, 15) is 4.89 Å². The highest BCUT2D eigenvalue weighted by atomic mass is 32.5. The van der Waals surface area contributed by atoms with Crippen LogP contribution in [-0.2, 0) is 20.9 Å². The second kappa shape index (κ2) is 7.52. The van der Waals surface area contributed by atoms with Gasteiger partial charge in [-0.15, -0.1) is 0 Å². The van der Waals surface area contributed by atoms with E-state index in [0.29, 0.717) is 5.76 Å². The van der Waals surface area contributed by atoms with E-state index in [1.165, 1.54) is 0 Å². The molecule has 0 aromatic rings. The molecule has 0 amide bonds. The van der Waals surface area contributed by atoms with Crippen LogP contribution in [0.3, 0.4) is 0 Å². The minimum atomic E-state index is -3.18. The molecular formula is C12H25O3PS. The molecule has 0 heterocycles. The smallest absolute Gasteiger partial charge is 0.378 e. The highest BCUT2D eigenvalue weighted by Gasteiger charge is 2.30. The van der Waals surface area contributed by atoms with Crippen LogP contribution in [0.25, 0.3) is 0 Å². The van der Waals surface area contributed by atoms with Crippen molar-refractivity contribution in [3.8, 4) is 0 Å². The first kappa shape index (κ1) is 17.1. The van der Waals surface area contributed by atoms with Crippen LogP contribution in [0.1, 0.15) is 60.3 Å². The standard InChI is InChI=1S/C12H25O3PS/c1-6-10-11(7-2)14-16(13,17)15-12(5,8-3)9-4/h7H,6,8-10H2,1-5H3,(H,13,17)/b11-7-. The molecule has 1 N–H and O–H groups in total. The molecule has 0 aliphatic carbocycles. The second-order valence-corrected chi connectivity index (χ2v) is 7.00. The van der Waals surface area contributed by atoms with Gasteiger partial charge in [0.2, 0.25) is 0 Å². The van der Waals surface area contributed by atoms with Crippen molar-refractivity contribution < 1.29 is 13.9 Å². The van der Waals surface area contributed by atoms with E-state index < -0.39 is 12.3 Å². The van der Waals surface area contributed by atoms with E-state index in [0.717, 1.165) is 25.7 Å². The summed E-state index contributed by atoms with van der Waals surface area (Å²) in [7, 11) is 0. The van der Waals surface area contributed by atoms with Crippen molar-refractivity contribution in [1.82, 2.24) is 0 Å². The first-order valence-corrected chi connectivity index (χ1v) is 8.79. The fourth-order valence-electron chi connectivity index (χ4n) is 1.31. The Bertz CT molecular complexity index is 298. The third-order valence-electron chi connectivity index (χ3n) is 2.88. The molecule has 17 heavy (non-hydrogen) atoms. The quantitative estimate of drug-likeness (QED) is 0.524. The van der Waals surface area contributed by atoms with Gasteiger partial charge in [0.05, 0.1) is 5.60 Å². The van der Waals surface area contributed by atoms with Crippen LogP contribution >= 0.6 is 6.72 Å². The molecule has 102 valence electrons. The summed E-state index contributed by atoms with van der Waals surface area (Å²) in [5.41, 5.74) is -0.407. The van der Waals surface area contributed by atoms with Gasteiger partial charge >= 0.3 is 6.72 Å². The third kappa shape index (κ3) is 6.56.